The second-order valence-corrected chi connectivity index (χ2v) is 7.62. The predicted octanol–water partition coefficient (Wildman–Crippen LogP) is 2.85. The van der Waals surface area contributed by atoms with Crippen LogP contribution in [0.2, 0.25) is 0 Å². The van der Waals surface area contributed by atoms with Crippen molar-refractivity contribution in [2.75, 3.05) is 0 Å². The lowest BCUT2D eigenvalue weighted by Gasteiger charge is -2.37. The van der Waals surface area contributed by atoms with Crippen molar-refractivity contribution in [3.63, 3.8) is 0 Å². The van der Waals surface area contributed by atoms with E-state index in [1.807, 2.05) is 0 Å². The molecule has 2 aliphatic rings. The molecule has 2 atom stereocenters. The summed E-state index contributed by atoms with van der Waals surface area (Å²) in [6, 6.07) is 5.66. The molecule has 2 saturated heterocycles. The van der Waals surface area contributed by atoms with E-state index in [2.05, 4.69) is 4.74 Å². The highest BCUT2D eigenvalue weighted by Crippen LogP contribution is 2.48. The van der Waals surface area contributed by atoms with Crippen molar-refractivity contribution in [1.82, 2.24) is 0 Å². The Hall–Kier alpha value is -1.08. The fraction of sp³-hybridized carbons (Fsp3) is 0.571. The number of hydrogen-bond donors (Lipinski definition) is 1. The molecule has 2 fully saturated rings. The van der Waals surface area contributed by atoms with E-state index in [0.717, 1.165) is 12.8 Å². The minimum Gasteiger partial charge on any atom is -0.405 e. The van der Waals surface area contributed by atoms with E-state index < -0.39 is 22.8 Å². The lowest BCUT2D eigenvalue weighted by molar-refractivity contribution is -0.275. The zero-order valence-electron chi connectivity index (χ0n) is 11.1. The molecule has 0 saturated carbocycles. The maximum atomic E-state index is 12.5. The Morgan fingerprint density at radius 1 is 1.19 bits per heavy atom. The molecule has 2 bridgehead atoms. The van der Waals surface area contributed by atoms with Crippen molar-refractivity contribution in [2.45, 2.75) is 48.1 Å². The standard InChI is InChI=1S/C14H15F3O3S/c15-14(16,17)20-12-4-2-1-3-11(12)13(18)7-9-5-6-10(8-13)21(9)19/h1-4,9-10,18H,5-8H2. The van der Waals surface area contributed by atoms with Crippen LogP contribution in [0.3, 0.4) is 0 Å². The summed E-state index contributed by atoms with van der Waals surface area (Å²) in [5.74, 6) is -0.375. The number of hydrogen-bond acceptors (Lipinski definition) is 3. The van der Waals surface area contributed by atoms with Gasteiger partial charge in [-0.2, -0.15) is 0 Å². The van der Waals surface area contributed by atoms with E-state index in [4.69, 9.17) is 0 Å². The van der Waals surface area contributed by atoms with Gasteiger partial charge in [0.25, 0.3) is 0 Å². The van der Waals surface area contributed by atoms with E-state index in [0.29, 0.717) is 0 Å². The van der Waals surface area contributed by atoms with Crippen molar-refractivity contribution in [1.29, 1.82) is 0 Å². The van der Waals surface area contributed by atoms with Crippen molar-refractivity contribution >= 4 is 10.8 Å². The topological polar surface area (TPSA) is 46.5 Å². The number of fused-ring (bicyclic) bond motifs is 2. The average Bonchev–Trinajstić information content (AvgIpc) is 2.60. The van der Waals surface area contributed by atoms with Gasteiger partial charge in [0.2, 0.25) is 0 Å². The van der Waals surface area contributed by atoms with Crippen LogP contribution in [0.25, 0.3) is 0 Å². The van der Waals surface area contributed by atoms with E-state index >= 15 is 0 Å². The van der Waals surface area contributed by atoms with Gasteiger partial charge in [0, 0.05) is 26.9 Å². The van der Waals surface area contributed by atoms with Crippen molar-refractivity contribution in [3.8, 4) is 5.75 Å². The number of benzene rings is 1. The van der Waals surface area contributed by atoms with Gasteiger partial charge in [-0.25, -0.2) is 0 Å². The van der Waals surface area contributed by atoms with Gasteiger partial charge < -0.3 is 9.84 Å². The summed E-state index contributed by atoms with van der Waals surface area (Å²) in [6.45, 7) is 0. The molecule has 1 aromatic rings. The number of para-hydroxylation sites is 1. The Balaban J connectivity index is 1.95. The maximum absolute atomic E-state index is 12.5. The first-order chi connectivity index (χ1) is 9.78. The van der Waals surface area contributed by atoms with Crippen LogP contribution in [-0.2, 0) is 16.4 Å². The summed E-state index contributed by atoms with van der Waals surface area (Å²) in [4.78, 5) is 0. The van der Waals surface area contributed by atoms with Crippen molar-refractivity contribution in [3.05, 3.63) is 29.8 Å². The first-order valence-electron chi connectivity index (χ1n) is 6.75. The lowest BCUT2D eigenvalue weighted by atomic mass is 9.85. The second-order valence-electron chi connectivity index (χ2n) is 5.63. The molecule has 3 rings (SSSR count). The summed E-state index contributed by atoms with van der Waals surface area (Å²) >= 11 is 0. The largest absolute Gasteiger partial charge is 0.573 e. The summed E-state index contributed by atoms with van der Waals surface area (Å²) in [7, 11) is -0.988. The highest BCUT2D eigenvalue weighted by Gasteiger charge is 2.49. The predicted molar refractivity (Wildman–Crippen MR) is 71.2 cm³/mol. The Morgan fingerprint density at radius 3 is 2.33 bits per heavy atom. The second kappa shape index (κ2) is 4.98. The monoisotopic (exact) mass is 320 g/mol. The smallest absolute Gasteiger partial charge is 0.405 e. The first kappa shape index (κ1) is 14.8. The summed E-state index contributed by atoms with van der Waals surface area (Å²) < 4.78 is 53.5. The van der Waals surface area contributed by atoms with Gasteiger partial charge in [0.15, 0.2) is 0 Å². The molecule has 116 valence electrons. The molecule has 0 aliphatic carbocycles. The van der Waals surface area contributed by atoms with Crippen LogP contribution in [0, 0.1) is 0 Å². The normalized spacial score (nSPS) is 35.7. The molecule has 1 N–H and O–H groups in total. The molecule has 2 unspecified atom stereocenters. The number of alkyl halides is 3. The molecular formula is C14H15F3O3S. The Morgan fingerprint density at radius 2 is 1.76 bits per heavy atom. The number of aliphatic hydroxyl groups is 1. The first-order valence-corrected chi connectivity index (χ1v) is 8.03. The van der Waals surface area contributed by atoms with E-state index in [1.54, 1.807) is 6.07 Å². The van der Waals surface area contributed by atoms with Crippen LogP contribution < -0.4 is 4.74 Å². The van der Waals surface area contributed by atoms with Gasteiger partial charge >= 0.3 is 6.36 Å². The van der Waals surface area contributed by atoms with Crippen molar-refractivity contribution < 1.29 is 27.2 Å². The lowest BCUT2D eigenvalue weighted by Crippen LogP contribution is -2.40. The molecule has 0 radical (unpaired) electrons. The highest BCUT2D eigenvalue weighted by atomic mass is 32.2. The quantitative estimate of drug-likeness (QED) is 0.911. The minimum absolute atomic E-state index is 0.135. The Bertz CT molecular complexity index is 557. The highest BCUT2D eigenvalue weighted by molar-refractivity contribution is 7.86. The summed E-state index contributed by atoms with van der Waals surface area (Å²) in [6.07, 6.45) is -2.87. The zero-order chi connectivity index (χ0) is 15.3. The van der Waals surface area contributed by atoms with Crippen LogP contribution in [0.5, 0.6) is 5.75 Å². The Labute approximate surface area is 122 Å². The Kier molecular flexibility index (Phi) is 3.52. The van der Waals surface area contributed by atoms with Crippen LogP contribution in [0.4, 0.5) is 13.2 Å². The molecule has 1 aromatic carbocycles. The minimum atomic E-state index is -4.80. The molecule has 2 aliphatic heterocycles. The molecule has 2 heterocycles. The van der Waals surface area contributed by atoms with Gasteiger partial charge in [0.05, 0.1) is 5.60 Å². The molecule has 3 nitrogen and oxygen atoms in total. The number of halogens is 3. The van der Waals surface area contributed by atoms with Crippen LogP contribution in [0.1, 0.15) is 31.2 Å². The van der Waals surface area contributed by atoms with Gasteiger partial charge in [0.1, 0.15) is 5.75 Å². The molecule has 7 heteroatoms. The third-order valence-corrected chi connectivity index (χ3v) is 6.33. The molecule has 0 spiro atoms. The van der Waals surface area contributed by atoms with Gasteiger partial charge in [-0.05, 0) is 31.7 Å². The molecular weight excluding hydrogens is 305 g/mol. The summed E-state index contributed by atoms with van der Waals surface area (Å²) in [5.41, 5.74) is -1.27. The zero-order valence-corrected chi connectivity index (χ0v) is 11.9. The van der Waals surface area contributed by atoms with Crippen LogP contribution in [-0.4, -0.2) is 26.2 Å². The van der Waals surface area contributed by atoms with Crippen molar-refractivity contribution in [2.24, 2.45) is 0 Å². The molecule has 21 heavy (non-hydrogen) atoms. The van der Waals surface area contributed by atoms with Gasteiger partial charge in [-0.15, -0.1) is 13.2 Å². The number of ether oxygens (including phenoxy) is 1. The third-order valence-electron chi connectivity index (χ3n) is 4.21. The fourth-order valence-electron chi connectivity index (χ4n) is 3.37. The summed E-state index contributed by atoms with van der Waals surface area (Å²) in [5, 5.41) is 10.5. The van der Waals surface area contributed by atoms with Gasteiger partial charge in [-0.1, -0.05) is 18.2 Å². The van der Waals surface area contributed by atoms with Gasteiger partial charge in [-0.3, -0.25) is 4.21 Å². The van der Waals surface area contributed by atoms with E-state index in [9.17, 15) is 22.5 Å². The van der Waals surface area contributed by atoms with Crippen LogP contribution in [0.15, 0.2) is 24.3 Å². The molecule has 0 amide bonds. The van der Waals surface area contributed by atoms with E-state index in [1.165, 1.54) is 18.2 Å². The molecule has 0 aromatic heterocycles. The number of rotatable bonds is 2. The van der Waals surface area contributed by atoms with E-state index in [-0.39, 0.29) is 34.7 Å². The third kappa shape index (κ3) is 2.81. The average molecular weight is 320 g/mol. The maximum Gasteiger partial charge on any atom is 0.573 e. The fourth-order valence-corrected chi connectivity index (χ4v) is 5.53. The SMILES string of the molecule is O=S1C2CCC1CC(O)(c1ccccc1OC(F)(F)F)C2. The van der Waals surface area contributed by atoms with Crippen LogP contribution >= 0.6 is 0 Å².